The summed E-state index contributed by atoms with van der Waals surface area (Å²) < 4.78 is 0. The minimum absolute atomic E-state index is 0.377. The minimum atomic E-state index is 0.377. The third-order valence-electron chi connectivity index (χ3n) is 5.89. The van der Waals surface area contributed by atoms with E-state index in [0.29, 0.717) is 6.04 Å². The quantitative estimate of drug-likeness (QED) is 0.758. The van der Waals surface area contributed by atoms with Crippen LogP contribution in [-0.2, 0) is 12.8 Å². The van der Waals surface area contributed by atoms with Crippen molar-refractivity contribution < 1.29 is 4.90 Å². The molecule has 0 saturated carbocycles. The number of benzene rings is 1. The fourth-order valence-electron chi connectivity index (χ4n) is 4.53. The number of hydrogen-bond acceptors (Lipinski definition) is 4. The molecule has 2 aliphatic rings. The standard InChI is InChI=1S/C21H24N4S/c1-24-11-12-25(17(13-24)15-7-3-2-4-8-15)20-19-16-9-5-6-10-18(16)26-21(19)23-14-22-20/h2-4,7-8,14,17H,5-6,9-13H2,1H3/p+1/t17-/m0/s1. The molecule has 1 N–H and O–H groups in total. The zero-order chi connectivity index (χ0) is 17.5. The Morgan fingerprint density at radius 1 is 1.12 bits per heavy atom. The van der Waals surface area contributed by atoms with E-state index < -0.39 is 0 Å². The first-order valence-corrected chi connectivity index (χ1v) is 10.5. The summed E-state index contributed by atoms with van der Waals surface area (Å²) in [5.74, 6) is 1.16. The van der Waals surface area contributed by atoms with Gasteiger partial charge in [-0.2, -0.15) is 0 Å². The number of fused-ring (bicyclic) bond motifs is 3. The summed E-state index contributed by atoms with van der Waals surface area (Å²) in [5.41, 5.74) is 2.92. The molecule has 134 valence electrons. The van der Waals surface area contributed by atoms with Crippen LogP contribution < -0.4 is 9.80 Å². The Hall–Kier alpha value is -1.98. The maximum Gasteiger partial charge on any atom is 0.141 e. The van der Waals surface area contributed by atoms with Crippen molar-refractivity contribution in [3.63, 3.8) is 0 Å². The van der Waals surface area contributed by atoms with E-state index in [-0.39, 0.29) is 0 Å². The van der Waals surface area contributed by atoms with Crippen LogP contribution in [0.4, 0.5) is 5.82 Å². The van der Waals surface area contributed by atoms with Gasteiger partial charge >= 0.3 is 0 Å². The average molecular weight is 366 g/mol. The smallest absolute Gasteiger partial charge is 0.141 e. The van der Waals surface area contributed by atoms with Crippen molar-refractivity contribution in [2.24, 2.45) is 0 Å². The van der Waals surface area contributed by atoms with Crippen molar-refractivity contribution in [3.05, 3.63) is 52.7 Å². The lowest BCUT2D eigenvalue weighted by Gasteiger charge is -2.39. The normalized spacial score (nSPS) is 23.2. The van der Waals surface area contributed by atoms with Crippen molar-refractivity contribution in [2.75, 3.05) is 31.6 Å². The Balaban J connectivity index is 1.64. The van der Waals surface area contributed by atoms with Crippen LogP contribution in [0, 0.1) is 0 Å². The summed E-state index contributed by atoms with van der Waals surface area (Å²) in [6.45, 7) is 3.31. The van der Waals surface area contributed by atoms with Crippen molar-refractivity contribution in [1.29, 1.82) is 0 Å². The minimum Gasteiger partial charge on any atom is -0.338 e. The van der Waals surface area contributed by atoms with Gasteiger partial charge in [-0.15, -0.1) is 11.3 Å². The lowest BCUT2D eigenvalue weighted by Crippen LogP contribution is -3.12. The molecule has 5 rings (SSSR count). The molecule has 2 aromatic heterocycles. The summed E-state index contributed by atoms with van der Waals surface area (Å²) in [6, 6.07) is 11.3. The van der Waals surface area contributed by atoms with E-state index in [2.05, 4.69) is 47.3 Å². The van der Waals surface area contributed by atoms with Gasteiger partial charge < -0.3 is 9.80 Å². The number of aromatic nitrogens is 2. The highest BCUT2D eigenvalue weighted by Crippen LogP contribution is 2.41. The molecule has 1 aliphatic heterocycles. The molecule has 1 aliphatic carbocycles. The second-order valence-corrected chi connectivity index (χ2v) is 8.70. The number of piperazine rings is 1. The zero-order valence-electron chi connectivity index (χ0n) is 15.2. The van der Waals surface area contributed by atoms with Gasteiger partial charge in [0.25, 0.3) is 0 Å². The first-order chi connectivity index (χ1) is 12.8. The molecule has 1 fully saturated rings. The Morgan fingerprint density at radius 3 is 2.85 bits per heavy atom. The van der Waals surface area contributed by atoms with Crippen LogP contribution in [0.3, 0.4) is 0 Å². The fraction of sp³-hybridized carbons (Fsp3) is 0.429. The second kappa shape index (κ2) is 6.63. The SMILES string of the molecule is C[NH+]1CCN(c2ncnc3sc4c(c23)CCCC4)[C@H](c2ccccc2)C1. The lowest BCUT2D eigenvalue weighted by atomic mass is 9.96. The number of rotatable bonds is 2. The number of nitrogens with one attached hydrogen (secondary N) is 1. The van der Waals surface area contributed by atoms with Crippen molar-refractivity contribution in [2.45, 2.75) is 31.7 Å². The molecule has 0 spiro atoms. The molecule has 1 aromatic carbocycles. The van der Waals surface area contributed by atoms with Gasteiger partial charge in [-0.3, -0.25) is 0 Å². The molecule has 0 radical (unpaired) electrons. The van der Waals surface area contributed by atoms with Crippen LogP contribution in [-0.4, -0.2) is 36.6 Å². The lowest BCUT2D eigenvalue weighted by molar-refractivity contribution is -0.883. The third-order valence-corrected chi connectivity index (χ3v) is 7.09. The first-order valence-electron chi connectivity index (χ1n) is 9.69. The number of quaternary nitrogens is 1. The molecule has 3 aromatic rings. The number of anilines is 1. The molecular weight excluding hydrogens is 340 g/mol. The van der Waals surface area contributed by atoms with Crippen LogP contribution in [0.15, 0.2) is 36.7 Å². The summed E-state index contributed by atoms with van der Waals surface area (Å²) in [7, 11) is 2.30. The highest BCUT2D eigenvalue weighted by Gasteiger charge is 2.32. The highest BCUT2D eigenvalue weighted by atomic mass is 32.1. The topological polar surface area (TPSA) is 33.5 Å². The van der Waals surface area contributed by atoms with E-state index in [1.807, 2.05) is 11.3 Å². The van der Waals surface area contributed by atoms with E-state index in [0.717, 1.165) is 25.5 Å². The van der Waals surface area contributed by atoms with E-state index in [1.54, 1.807) is 16.1 Å². The number of likely N-dealkylation sites (N-methyl/N-ethyl adjacent to an activating group) is 1. The zero-order valence-corrected chi connectivity index (χ0v) is 16.1. The summed E-state index contributed by atoms with van der Waals surface area (Å²) in [5, 5.41) is 1.34. The average Bonchev–Trinajstić information content (AvgIpc) is 3.07. The second-order valence-electron chi connectivity index (χ2n) is 7.62. The predicted octanol–water partition coefficient (Wildman–Crippen LogP) is 2.65. The first kappa shape index (κ1) is 16.2. The number of hydrogen-bond donors (Lipinski definition) is 1. The van der Waals surface area contributed by atoms with E-state index in [9.17, 15) is 0 Å². The molecule has 0 amide bonds. The summed E-state index contributed by atoms with van der Waals surface area (Å²) >= 11 is 1.89. The highest BCUT2D eigenvalue weighted by molar-refractivity contribution is 7.19. The molecule has 2 atom stereocenters. The van der Waals surface area contributed by atoms with Crippen molar-refractivity contribution in [1.82, 2.24) is 9.97 Å². The number of nitrogens with zero attached hydrogens (tertiary/aromatic N) is 3. The molecule has 4 nitrogen and oxygen atoms in total. The monoisotopic (exact) mass is 365 g/mol. The maximum atomic E-state index is 4.82. The Bertz CT molecular complexity index is 920. The van der Waals surface area contributed by atoms with Crippen LogP contribution in [0.1, 0.15) is 34.9 Å². The van der Waals surface area contributed by atoms with Crippen LogP contribution in [0.2, 0.25) is 0 Å². The Kier molecular flexibility index (Phi) is 4.14. The van der Waals surface area contributed by atoms with Gasteiger partial charge in [-0.05, 0) is 36.8 Å². The van der Waals surface area contributed by atoms with Crippen LogP contribution in [0.5, 0.6) is 0 Å². The van der Waals surface area contributed by atoms with Gasteiger partial charge in [-0.25, -0.2) is 9.97 Å². The molecule has 5 heteroatoms. The third kappa shape index (κ3) is 2.70. The number of thiophene rings is 1. The summed E-state index contributed by atoms with van der Waals surface area (Å²) in [6.07, 6.45) is 6.78. The number of aryl methyl sites for hydroxylation is 2. The fourth-order valence-corrected chi connectivity index (χ4v) is 5.75. The van der Waals surface area contributed by atoms with Crippen LogP contribution >= 0.6 is 11.3 Å². The van der Waals surface area contributed by atoms with Gasteiger partial charge in [0.15, 0.2) is 0 Å². The Morgan fingerprint density at radius 2 is 1.96 bits per heavy atom. The van der Waals surface area contributed by atoms with E-state index in [1.165, 1.54) is 47.0 Å². The Labute approximate surface area is 158 Å². The summed E-state index contributed by atoms with van der Waals surface area (Å²) in [4.78, 5) is 16.3. The van der Waals surface area contributed by atoms with Gasteiger partial charge in [0.2, 0.25) is 0 Å². The van der Waals surface area contributed by atoms with Crippen molar-refractivity contribution >= 4 is 27.4 Å². The van der Waals surface area contributed by atoms with Gasteiger partial charge in [-0.1, -0.05) is 30.3 Å². The van der Waals surface area contributed by atoms with Gasteiger partial charge in [0, 0.05) is 4.88 Å². The van der Waals surface area contributed by atoms with E-state index >= 15 is 0 Å². The molecule has 26 heavy (non-hydrogen) atoms. The largest absolute Gasteiger partial charge is 0.338 e. The maximum absolute atomic E-state index is 4.82. The molecule has 1 unspecified atom stereocenters. The molecule has 3 heterocycles. The van der Waals surface area contributed by atoms with Gasteiger partial charge in [0.05, 0.1) is 25.5 Å². The van der Waals surface area contributed by atoms with Crippen molar-refractivity contribution in [3.8, 4) is 0 Å². The molecular formula is C21H25N4S+. The molecule has 1 saturated heterocycles. The van der Waals surface area contributed by atoms with E-state index in [4.69, 9.17) is 4.98 Å². The predicted molar refractivity (Wildman–Crippen MR) is 107 cm³/mol. The molecule has 0 bridgehead atoms. The van der Waals surface area contributed by atoms with Crippen LogP contribution in [0.25, 0.3) is 10.2 Å². The van der Waals surface area contributed by atoms with Gasteiger partial charge in [0.1, 0.15) is 29.6 Å².